The van der Waals surface area contributed by atoms with Crippen molar-refractivity contribution in [2.24, 2.45) is 0 Å². The van der Waals surface area contributed by atoms with E-state index in [1.54, 1.807) is 0 Å². The number of nitrogens with one attached hydrogen (secondary N) is 1. The van der Waals surface area contributed by atoms with Crippen LogP contribution in [0, 0.1) is 0 Å². The van der Waals surface area contributed by atoms with Crippen molar-refractivity contribution in [2.75, 3.05) is 6.54 Å². The SMILES string of the molecule is CCc1ccc(C(C)NCC2Cc3ccccc3O2)cc1. The Balaban J connectivity index is 1.53. The average Bonchev–Trinajstić information content (AvgIpc) is 2.95. The van der Waals surface area contributed by atoms with Gasteiger partial charge in [-0.1, -0.05) is 49.4 Å². The van der Waals surface area contributed by atoms with Crippen LogP contribution in [0.2, 0.25) is 0 Å². The molecule has 2 unspecified atom stereocenters. The van der Waals surface area contributed by atoms with Gasteiger partial charge in [0.15, 0.2) is 0 Å². The summed E-state index contributed by atoms with van der Waals surface area (Å²) in [6.07, 6.45) is 2.35. The Morgan fingerprint density at radius 1 is 1.14 bits per heavy atom. The highest BCUT2D eigenvalue weighted by atomic mass is 16.5. The molecule has 2 aromatic rings. The zero-order chi connectivity index (χ0) is 14.7. The van der Waals surface area contributed by atoms with Crippen molar-refractivity contribution in [3.05, 3.63) is 65.2 Å². The molecule has 2 atom stereocenters. The number of para-hydroxylation sites is 1. The van der Waals surface area contributed by atoms with Crippen LogP contribution in [0.4, 0.5) is 0 Å². The third-order valence-corrected chi connectivity index (χ3v) is 4.25. The molecule has 0 saturated heterocycles. The normalized spacial score (nSPS) is 18.1. The molecular formula is C19H23NO. The molecule has 2 nitrogen and oxygen atoms in total. The summed E-state index contributed by atoms with van der Waals surface area (Å²) in [5.74, 6) is 1.05. The topological polar surface area (TPSA) is 21.3 Å². The molecular weight excluding hydrogens is 258 g/mol. The monoisotopic (exact) mass is 281 g/mol. The molecule has 1 heterocycles. The predicted octanol–water partition coefficient (Wildman–Crippen LogP) is 3.90. The van der Waals surface area contributed by atoms with E-state index in [0.717, 1.165) is 25.1 Å². The van der Waals surface area contributed by atoms with E-state index in [1.807, 2.05) is 6.07 Å². The van der Waals surface area contributed by atoms with Crippen LogP contribution in [0.5, 0.6) is 5.75 Å². The first-order valence-corrected chi connectivity index (χ1v) is 7.83. The smallest absolute Gasteiger partial charge is 0.123 e. The van der Waals surface area contributed by atoms with Gasteiger partial charge >= 0.3 is 0 Å². The largest absolute Gasteiger partial charge is 0.488 e. The van der Waals surface area contributed by atoms with Crippen molar-refractivity contribution in [1.82, 2.24) is 5.32 Å². The van der Waals surface area contributed by atoms with Crippen molar-refractivity contribution in [2.45, 2.75) is 38.8 Å². The van der Waals surface area contributed by atoms with Crippen molar-refractivity contribution in [3.63, 3.8) is 0 Å². The van der Waals surface area contributed by atoms with Gasteiger partial charge in [-0.3, -0.25) is 0 Å². The van der Waals surface area contributed by atoms with Gasteiger partial charge in [-0.05, 0) is 36.1 Å². The highest BCUT2D eigenvalue weighted by Gasteiger charge is 2.22. The Hall–Kier alpha value is -1.80. The fraction of sp³-hybridized carbons (Fsp3) is 0.368. The number of rotatable bonds is 5. The van der Waals surface area contributed by atoms with E-state index in [9.17, 15) is 0 Å². The van der Waals surface area contributed by atoms with Crippen LogP contribution in [0.3, 0.4) is 0 Å². The fourth-order valence-electron chi connectivity index (χ4n) is 2.84. The van der Waals surface area contributed by atoms with Gasteiger partial charge in [0.1, 0.15) is 11.9 Å². The first kappa shape index (κ1) is 14.2. The van der Waals surface area contributed by atoms with E-state index in [0.29, 0.717) is 6.04 Å². The van der Waals surface area contributed by atoms with Crippen LogP contribution >= 0.6 is 0 Å². The number of ether oxygens (including phenoxy) is 1. The van der Waals surface area contributed by atoms with Crippen molar-refractivity contribution >= 4 is 0 Å². The van der Waals surface area contributed by atoms with Crippen LogP contribution in [0.15, 0.2) is 48.5 Å². The lowest BCUT2D eigenvalue weighted by molar-refractivity contribution is 0.222. The number of fused-ring (bicyclic) bond motifs is 1. The molecule has 21 heavy (non-hydrogen) atoms. The molecule has 0 fully saturated rings. The summed E-state index contributed by atoms with van der Waals surface area (Å²) in [4.78, 5) is 0. The highest BCUT2D eigenvalue weighted by molar-refractivity contribution is 5.37. The maximum Gasteiger partial charge on any atom is 0.123 e. The van der Waals surface area contributed by atoms with Crippen molar-refractivity contribution < 1.29 is 4.74 Å². The number of hydrogen-bond acceptors (Lipinski definition) is 2. The van der Waals surface area contributed by atoms with Crippen molar-refractivity contribution in [1.29, 1.82) is 0 Å². The molecule has 0 aromatic heterocycles. The molecule has 1 aliphatic heterocycles. The third kappa shape index (κ3) is 3.27. The van der Waals surface area contributed by atoms with E-state index in [4.69, 9.17) is 4.74 Å². The Morgan fingerprint density at radius 3 is 2.62 bits per heavy atom. The predicted molar refractivity (Wildman–Crippen MR) is 86.8 cm³/mol. The fourth-order valence-corrected chi connectivity index (χ4v) is 2.84. The van der Waals surface area contributed by atoms with Gasteiger partial charge in [-0.25, -0.2) is 0 Å². The summed E-state index contributed by atoms with van der Waals surface area (Å²) in [6.45, 7) is 5.28. The maximum atomic E-state index is 5.97. The molecule has 0 spiro atoms. The van der Waals surface area contributed by atoms with E-state index in [-0.39, 0.29) is 6.10 Å². The Kier molecular flexibility index (Phi) is 4.26. The van der Waals surface area contributed by atoms with Gasteiger partial charge in [-0.15, -0.1) is 0 Å². The first-order valence-electron chi connectivity index (χ1n) is 7.83. The summed E-state index contributed by atoms with van der Waals surface area (Å²) in [5, 5.41) is 3.59. The van der Waals surface area contributed by atoms with Gasteiger partial charge in [-0.2, -0.15) is 0 Å². The van der Waals surface area contributed by atoms with E-state index < -0.39 is 0 Å². The quantitative estimate of drug-likeness (QED) is 0.897. The summed E-state index contributed by atoms with van der Waals surface area (Å²) >= 11 is 0. The highest BCUT2D eigenvalue weighted by Crippen LogP contribution is 2.28. The second-order valence-electron chi connectivity index (χ2n) is 5.78. The van der Waals surface area contributed by atoms with Gasteiger partial charge in [0.2, 0.25) is 0 Å². The Labute approximate surface area is 127 Å². The van der Waals surface area contributed by atoms with E-state index in [2.05, 4.69) is 61.6 Å². The summed E-state index contributed by atoms with van der Waals surface area (Å²) in [7, 11) is 0. The maximum absolute atomic E-state index is 5.97. The Morgan fingerprint density at radius 2 is 1.90 bits per heavy atom. The molecule has 110 valence electrons. The van der Waals surface area contributed by atoms with Gasteiger partial charge in [0.05, 0.1) is 0 Å². The van der Waals surface area contributed by atoms with Gasteiger partial charge in [0, 0.05) is 19.0 Å². The van der Waals surface area contributed by atoms with Crippen LogP contribution < -0.4 is 10.1 Å². The molecule has 2 heteroatoms. The first-order chi connectivity index (χ1) is 10.3. The van der Waals surface area contributed by atoms with E-state index >= 15 is 0 Å². The minimum atomic E-state index is 0.250. The molecule has 0 radical (unpaired) electrons. The number of hydrogen-bond donors (Lipinski definition) is 1. The van der Waals surface area contributed by atoms with Crippen LogP contribution in [0.25, 0.3) is 0 Å². The molecule has 1 aliphatic rings. The number of aryl methyl sites for hydroxylation is 1. The molecule has 2 aromatic carbocycles. The minimum Gasteiger partial charge on any atom is -0.488 e. The van der Waals surface area contributed by atoms with Crippen LogP contribution in [-0.2, 0) is 12.8 Å². The zero-order valence-electron chi connectivity index (χ0n) is 12.8. The molecule has 0 aliphatic carbocycles. The summed E-state index contributed by atoms with van der Waals surface area (Å²) in [6, 6.07) is 17.6. The second-order valence-corrected chi connectivity index (χ2v) is 5.78. The molecule has 3 rings (SSSR count). The molecule has 0 amide bonds. The van der Waals surface area contributed by atoms with Gasteiger partial charge in [0.25, 0.3) is 0 Å². The molecule has 1 N–H and O–H groups in total. The van der Waals surface area contributed by atoms with Gasteiger partial charge < -0.3 is 10.1 Å². The zero-order valence-corrected chi connectivity index (χ0v) is 12.8. The minimum absolute atomic E-state index is 0.250. The number of benzene rings is 2. The second kappa shape index (κ2) is 6.31. The van der Waals surface area contributed by atoms with E-state index in [1.165, 1.54) is 16.7 Å². The Bertz CT molecular complexity index is 566. The lowest BCUT2D eigenvalue weighted by atomic mass is 10.0. The molecule has 0 bridgehead atoms. The summed E-state index contributed by atoms with van der Waals surface area (Å²) in [5.41, 5.74) is 4.05. The lowest BCUT2D eigenvalue weighted by Crippen LogP contribution is -2.31. The summed E-state index contributed by atoms with van der Waals surface area (Å²) < 4.78 is 5.97. The van der Waals surface area contributed by atoms with Crippen molar-refractivity contribution in [3.8, 4) is 5.75 Å². The lowest BCUT2D eigenvalue weighted by Gasteiger charge is -2.18. The standard InChI is InChI=1S/C19H23NO/c1-3-15-8-10-16(11-9-15)14(2)20-13-18-12-17-6-4-5-7-19(17)21-18/h4-11,14,18,20H,3,12-13H2,1-2H3. The average molecular weight is 281 g/mol. The van der Waals surface area contributed by atoms with Crippen LogP contribution in [-0.4, -0.2) is 12.6 Å². The van der Waals surface area contributed by atoms with Crippen LogP contribution in [0.1, 0.15) is 36.6 Å². The third-order valence-electron chi connectivity index (χ3n) is 4.25. The molecule has 0 saturated carbocycles.